The van der Waals surface area contributed by atoms with E-state index in [-0.39, 0.29) is 0 Å². The molecule has 4 saturated carbocycles. The molecule has 1 saturated heterocycles. The Bertz CT molecular complexity index is 979. The van der Waals surface area contributed by atoms with E-state index in [0.717, 1.165) is 37.0 Å². The highest BCUT2D eigenvalue weighted by atomic mass is 16.2. The molecule has 1 unspecified atom stereocenters. The van der Waals surface area contributed by atoms with Crippen molar-refractivity contribution in [3.63, 3.8) is 0 Å². The Labute approximate surface area is 208 Å². The van der Waals surface area contributed by atoms with Crippen molar-refractivity contribution in [3.8, 4) is 11.8 Å². The first-order valence-corrected chi connectivity index (χ1v) is 14.9. The molecule has 0 amide bonds. The second-order valence-electron chi connectivity index (χ2n) is 14.4. The van der Waals surface area contributed by atoms with Crippen LogP contribution in [0.15, 0.2) is 11.1 Å². The van der Waals surface area contributed by atoms with Gasteiger partial charge in [0, 0.05) is 43.5 Å². The minimum Gasteiger partial charge on any atom is -0.396 e. The average molecular weight is 462 g/mol. The van der Waals surface area contributed by atoms with Crippen LogP contribution in [0.4, 0.5) is 0 Å². The largest absolute Gasteiger partial charge is 0.396 e. The summed E-state index contributed by atoms with van der Waals surface area (Å²) in [6.45, 7) is 11.0. The summed E-state index contributed by atoms with van der Waals surface area (Å²) in [4.78, 5) is 3.03. The molecule has 34 heavy (non-hydrogen) atoms. The van der Waals surface area contributed by atoms with Gasteiger partial charge in [0.2, 0.25) is 0 Å². The van der Waals surface area contributed by atoms with Crippen molar-refractivity contribution >= 4 is 0 Å². The van der Waals surface area contributed by atoms with Crippen LogP contribution in [-0.4, -0.2) is 35.2 Å². The smallest absolute Gasteiger partial charge is 0.0431 e. The van der Waals surface area contributed by atoms with Gasteiger partial charge in [-0.3, -0.25) is 4.90 Å². The summed E-state index contributed by atoms with van der Waals surface area (Å²) in [5, 5.41) is 9.50. The quantitative estimate of drug-likeness (QED) is 0.286. The van der Waals surface area contributed by atoms with Crippen LogP contribution in [0.25, 0.3) is 0 Å². The van der Waals surface area contributed by atoms with Crippen molar-refractivity contribution < 1.29 is 5.11 Å². The second kappa shape index (κ2) is 7.16. The molecule has 0 aromatic rings. The van der Waals surface area contributed by atoms with E-state index in [0.29, 0.717) is 33.8 Å². The summed E-state index contributed by atoms with van der Waals surface area (Å²) in [5.41, 5.74) is 5.84. The normalized spacial score (nSPS) is 52.0. The van der Waals surface area contributed by atoms with Crippen LogP contribution in [0.2, 0.25) is 0 Å². The first kappa shape index (κ1) is 22.4. The fraction of sp³-hybridized carbons (Fsp3) is 0.875. The van der Waals surface area contributed by atoms with E-state index in [9.17, 15) is 5.11 Å². The number of rotatable bonds is 3. The number of aliphatic hydroxyl groups excluding tert-OH is 1. The molecule has 8 atom stereocenters. The zero-order chi connectivity index (χ0) is 23.4. The van der Waals surface area contributed by atoms with Gasteiger partial charge in [-0.25, -0.2) is 0 Å². The van der Waals surface area contributed by atoms with Gasteiger partial charge in [0.1, 0.15) is 0 Å². The Morgan fingerprint density at radius 3 is 2.71 bits per heavy atom. The van der Waals surface area contributed by atoms with Crippen LogP contribution in [0, 0.1) is 51.3 Å². The van der Waals surface area contributed by atoms with E-state index in [1.165, 1.54) is 83.7 Å². The molecule has 7 rings (SSSR count). The summed E-state index contributed by atoms with van der Waals surface area (Å²) in [7, 11) is 0. The van der Waals surface area contributed by atoms with E-state index in [1.54, 1.807) is 5.57 Å². The third-order valence-corrected chi connectivity index (χ3v) is 13.9. The van der Waals surface area contributed by atoms with Crippen molar-refractivity contribution in [2.24, 2.45) is 39.4 Å². The van der Waals surface area contributed by atoms with Crippen molar-refractivity contribution in [2.75, 3.05) is 19.7 Å². The van der Waals surface area contributed by atoms with Crippen molar-refractivity contribution in [3.05, 3.63) is 11.1 Å². The summed E-state index contributed by atoms with van der Waals surface area (Å²) < 4.78 is 0. The maximum absolute atomic E-state index is 9.50. The van der Waals surface area contributed by atoms with Gasteiger partial charge in [-0.2, -0.15) is 0 Å². The molecule has 1 N–H and O–H groups in total. The molecule has 7 aliphatic rings. The van der Waals surface area contributed by atoms with Crippen molar-refractivity contribution in [1.29, 1.82) is 0 Å². The van der Waals surface area contributed by atoms with Crippen LogP contribution in [0.3, 0.4) is 0 Å². The van der Waals surface area contributed by atoms with E-state index in [2.05, 4.69) is 37.5 Å². The van der Waals surface area contributed by atoms with Gasteiger partial charge in [0.05, 0.1) is 0 Å². The topological polar surface area (TPSA) is 23.2 Å². The fourth-order valence-electron chi connectivity index (χ4n) is 12.3. The van der Waals surface area contributed by atoms with Gasteiger partial charge < -0.3 is 5.11 Å². The number of hydrogen-bond acceptors (Lipinski definition) is 2. The highest BCUT2D eigenvalue weighted by Gasteiger charge is 2.79. The van der Waals surface area contributed by atoms with Gasteiger partial charge >= 0.3 is 0 Å². The third kappa shape index (κ3) is 2.39. The predicted molar refractivity (Wildman–Crippen MR) is 138 cm³/mol. The molecule has 3 spiro atoms. The minimum atomic E-state index is 0.327. The predicted octanol–water partition coefficient (Wildman–Crippen LogP) is 6.73. The molecular weight excluding hydrogens is 414 g/mol. The molecule has 0 aromatic heterocycles. The van der Waals surface area contributed by atoms with Crippen molar-refractivity contribution in [2.45, 2.75) is 116 Å². The van der Waals surface area contributed by atoms with Gasteiger partial charge in [-0.15, -0.1) is 11.8 Å². The number of allylic oxidation sites excluding steroid dienone is 2. The van der Waals surface area contributed by atoms with Gasteiger partial charge in [0.25, 0.3) is 0 Å². The minimum absolute atomic E-state index is 0.327. The lowest BCUT2D eigenvalue weighted by Crippen LogP contribution is -2.63. The average Bonchev–Trinajstić information content (AvgIpc) is 3.13. The Balaban J connectivity index is 1.37. The monoisotopic (exact) mass is 461 g/mol. The zero-order valence-corrected chi connectivity index (χ0v) is 22.1. The molecule has 0 radical (unpaired) electrons. The van der Waals surface area contributed by atoms with Crippen molar-refractivity contribution in [1.82, 2.24) is 4.90 Å². The Morgan fingerprint density at radius 1 is 1.09 bits per heavy atom. The maximum atomic E-state index is 9.50. The third-order valence-electron chi connectivity index (χ3n) is 13.9. The Morgan fingerprint density at radius 2 is 1.91 bits per heavy atom. The van der Waals surface area contributed by atoms with Crippen LogP contribution in [0.5, 0.6) is 0 Å². The number of aliphatic hydroxyl groups is 1. The molecular formula is C32H47NO. The first-order chi connectivity index (χ1) is 16.4. The Kier molecular flexibility index (Phi) is 4.72. The molecule has 0 aromatic carbocycles. The molecule has 2 heterocycles. The lowest BCUT2D eigenvalue weighted by molar-refractivity contribution is -0.177. The van der Waals surface area contributed by atoms with E-state index >= 15 is 0 Å². The van der Waals surface area contributed by atoms with Gasteiger partial charge in [-0.1, -0.05) is 37.8 Å². The molecule has 2 heteroatoms. The van der Waals surface area contributed by atoms with Crippen LogP contribution in [0.1, 0.15) is 111 Å². The maximum Gasteiger partial charge on any atom is 0.0431 e. The molecule has 2 aliphatic heterocycles. The fourth-order valence-corrected chi connectivity index (χ4v) is 12.3. The van der Waals surface area contributed by atoms with E-state index in [1.807, 2.05) is 5.57 Å². The molecule has 2 bridgehead atoms. The molecule has 5 fully saturated rings. The summed E-state index contributed by atoms with van der Waals surface area (Å²) in [5.74, 6) is 10.1. The molecule has 5 aliphatic carbocycles. The van der Waals surface area contributed by atoms with Crippen LogP contribution >= 0.6 is 0 Å². The zero-order valence-electron chi connectivity index (χ0n) is 22.1. The summed E-state index contributed by atoms with van der Waals surface area (Å²) >= 11 is 0. The van der Waals surface area contributed by atoms with Crippen LogP contribution < -0.4 is 0 Å². The van der Waals surface area contributed by atoms with E-state index < -0.39 is 0 Å². The van der Waals surface area contributed by atoms with Crippen LogP contribution in [-0.2, 0) is 0 Å². The van der Waals surface area contributed by atoms with Gasteiger partial charge in [0.15, 0.2) is 0 Å². The van der Waals surface area contributed by atoms with Gasteiger partial charge in [-0.05, 0) is 105 Å². The first-order valence-electron chi connectivity index (χ1n) is 14.9. The standard InChI is InChI=1S/C32H47NO/c1-23-11-17-32-24(2)19-29(14-6-7-15-29)31(20-27(23)32)22-33-21-30(33)16-12-25(9-8-18-34)26(30)10-4-5-13-28(31,32)3/h24-26,34H,6-22H2,1-3H3/t24-,25+,26+,28-,30+,31-,32-,33?/m1/s1. The lowest BCUT2D eigenvalue weighted by atomic mass is 9.38. The lowest BCUT2D eigenvalue weighted by Gasteiger charge is -2.66. The highest BCUT2D eigenvalue weighted by molar-refractivity contribution is 5.45. The highest BCUT2D eigenvalue weighted by Crippen LogP contribution is 2.85. The number of hydrogen-bond donors (Lipinski definition) is 1. The molecule has 186 valence electrons. The summed E-state index contributed by atoms with van der Waals surface area (Å²) in [6, 6.07) is 0. The second-order valence-corrected chi connectivity index (χ2v) is 14.4. The number of nitrogens with zero attached hydrogens (tertiary/aromatic N) is 1. The molecule has 2 nitrogen and oxygen atoms in total. The SMILES string of the molecule is CC1=C2C[C@@]34CN5C[C@]56CC[C@H](CCCO)[C@@H]6CC#CC[C@@]3(C)[C@]2(CC1)[C@H](C)CC41CCCC1. The Hall–Kier alpha value is -0.780. The van der Waals surface area contributed by atoms with E-state index in [4.69, 9.17) is 0 Å². The summed E-state index contributed by atoms with van der Waals surface area (Å²) in [6.07, 6.45) is 18.7.